The van der Waals surface area contributed by atoms with Crippen LogP contribution in [0.5, 0.6) is 0 Å². The van der Waals surface area contributed by atoms with Crippen molar-refractivity contribution in [3.8, 4) is 0 Å². The third-order valence-corrected chi connectivity index (χ3v) is 4.72. The van der Waals surface area contributed by atoms with Crippen molar-refractivity contribution in [3.63, 3.8) is 0 Å². The summed E-state index contributed by atoms with van der Waals surface area (Å²) >= 11 is 0. The minimum Gasteiger partial charge on any atom is -0.361 e. The average molecular weight is 313 g/mol. The van der Waals surface area contributed by atoms with Crippen LogP contribution in [0.1, 0.15) is 47.0 Å². The van der Waals surface area contributed by atoms with E-state index < -0.39 is 0 Å². The molecule has 2 amide bonds. The summed E-state index contributed by atoms with van der Waals surface area (Å²) in [6.45, 7) is 4.19. The van der Waals surface area contributed by atoms with Crippen LogP contribution in [0.15, 0.2) is 28.8 Å². The van der Waals surface area contributed by atoms with Gasteiger partial charge in [0, 0.05) is 19.2 Å². The van der Waals surface area contributed by atoms with E-state index in [4.69, 9.17) is 4.52 Å². The molecule has 1 N–H and O–H groups in total. The molecule has 1 aromatic carbocycles. The number of nitrogens with zero attached hydrogens (tertiary/aromatic N) is 2. The molecule has 5 heteroatoms. The van der Waals surface area contributed by atoms with Crippen LogP contribution < -0.4 is 5.32 Å². The summed E-state index contributed by atoms with van der Waals surface area (Å²) in [5, 5.41) is 6.90. The second-order valence-electron chi connectivity index (χ2n) is 6.18. The number of hydrogen-bond donors (Lipinski definition) is 1. The Labute approximate surface area is 136 Å². The first-order valence-electron chi connectivity index (χ1n) is 8.08. The molecule has 0 aliphatic heterocycles. The van der Waals surface area contributed by atoms with Crippen LogP contribution in [-0.2, 0) is 13.0 Å². The smallest absolute Gasteiger partial charge is 0.317 e. The van der Waals surface area contributed by atoms with Crippen molar-refractivity contribution in [2.24, 2.45) is 0 Å². The predicted octanol–water partition coefficient (Wildman–Crippen LogP) is 3.51. The minimum atomic E-state index is -0.0632. The number of aromatic nitrogens is 1. The first kappa shape index (κ1) is 15.6. The van der Waals surface area contributed by atoms with Crippen LogP contribution in [0, 0.1) is 13.8 Å². The highest BCUT2D eigenvalue weighted by atomic mass is 16.5. The second-order valence-corrected chi connectivity index (χ2v) is 6.18. The van der Waals surface area contributed by atoms with E-state index in [0.29, 0.717) is 6.54 Å². The quantitative estimate of drug-likeness (QED) is 0.943. The minimum absolute atomic E-state index is 0.0632. The maximum absolute atomic E-state index is 12.5. The molecule has 122 valence electrons. The lowest BCUT2D eigenvalue weighted by molar-refractivity contribution is 0.183. The molecule has 23 heavy (non-hydrogen) atoms. The zero-order valence-corrected chi connectivity index (χ0v) is 13.9. The van der Waals surface area contributed by atoms with E-state index in [2.05, 4.69) is 28.7 Å². The maximum Gasteiger partial charge on any atom is 0.317 e. The third kappa shape index (κ3) is 3.09. The molecular weight excluding hydrogens is 290 g/mol. The summed E-state index contributed by atoms with van der Waals surface area (Å²) in [6, 6.07) is 8.50. The van der Waals surface area contributed by atoms with Crippen molar-refractivity contribution >= 4 is 6.03 Å². The number of carbonyl (C=O) groups is 1. The van der Waals surface area contributed by atoms with Crippen LogP contribution >= 0.6 is 0 Å². The maximum atomic E-state index is 12.5. The summed E-state index contributed by atoms with van der Waals surface area (Å²) in [7, 11) is 1.87. The van der Waals surface area contributed by atoms with Gasteiger partial charge in [0.25, 0.3) is 0 Å². The van der Waals surface area contributed by atoms with E-state index in [0.717, 1.165) is 36.3 Å². The number of urea groups is 1. The first-order chi connectivity index (χ1) is 11.1. The van der Waals surface area contributed by atoms with Crippen LogP contribution in [0.25, 0.3) is 0 Å². The highest BCUT2D eigenvalue weighted by Crippen LogP contribution is 2.33. The van der Waals surface area contributed by atoms with Crippen molar-refractivity contribution in [2.75, 3.05) is 7.05 Å². The second kappa shape index (κ2) is 6.44. The molecule has 0 saturated heterocycles. The number of amides is 2. The van der Waals surface area contributed by atoms with E-state index >= 15 is 0 Å². The van der Waals surface area contributed by atoms with Crippen molar-refractivity contribution in [1.29, 1.82) is 0 Å². The van der Waals surface area contributed by atoms with Gasteiger partial charge in [0.1, 0.15) is 5.76 Å². The highest BCUT2D eigenvalue weighted by Gasteiger charge is 2.26. The lowest BCUT2D eigenvalue weighted by Gasteiger charge is -2.33. The zero-order valence-electron chi connectivity index (χ0n) is 13.9. The Hall–Kier alpha value is -2.30. The van der Waals surface area contributed by atoms with Crippen molar-refractivity contribution < 1.29 is 9.32 Å². The van der Waals surface area contributed by atoms with Crippen molar-refractivity contribution in [2.45, 2.75) is 45.7 Å². The Kier molecular flexibility index (Phi) is 4.37. The van der Waals surface area contributed by atoms with Gasteiger partial charge in [-0.25, -0.2) is 4.79 Å². The number of carbonyl (C=O) groups excluding carboxylic acids is 1. The largest absolute Gasteiger partial charge is 0.361 e. The Morgan fingerprint density at radius 1 is 1.39 bits per heavy atom. The van der Waals surface area contributed by atoms with Gasteiger partial charge in [-0.15, -0.1) is 0 Å². The van der Waals surface area contributed by atoms with Gasteiger partial charge < -0.3 is 14.7 Å². The van der Waals surface area contributed by atoms with Gasteiger partial charge in [-0.05, 0) is 44.2 Å². The molecule has 0 unspecified atom stereocenters. The summed E-state index contributed by atoms with van der Waals surface area (Å²) in [4.78, 5) is 14.3. The SMILES string of the molecule is Cc1noc(C)c1CNC(=O)N(C)[C@H]1CCCc2ccccc21. The molecule has 0 saturated carbocycles. The molecule has 0 spiro atoms. The highest BCUT2D eigenvalue weighted by molar-refractivity contribution is 5.74. The van der Waals surface area contributed by atoms with Gasteiger partial charge >= 0.3 is 6.03 Å². The fourth-order valence-corrected chi connectivity index (χ4v) is 3.32. The van der Waals surface area contributed by atoms with Gasteiger partial charge in [-0.1, -0.05) is 29.4 Å². The van der Waals surface area contributed by atoms with Crippen LogP contribution in [-0.4, -0.2) is 23.1 Å². The summed E-state index contributed by atoms with van der Waals surface area (Å²) in [6.07, 6.45) is 3.22. The van der Waals surface area contributed by atoms with E-state index in [1.807, 2.05) is 31.9 Å². The Morgan fingerprint density at radius 2 is 2.17 bits per heavy atom. The topological polar surface area (TPSA) is 58.4 Å². The van der Waals surface area contributed by atoms with E-state index in [1.54, 1.807) is 0 Å². The molecule has 1 aliphatic rings. The first-order valence-corrected chi connectivity index (χ1v) is 8.08. The van der Waals surface area contributed by atoms with Crippen molar-refractivity contribution in [1.82, 2.24) is 15.4 Å². The zero-order chi connectivity index (χ0) is 16.4. The third-order valence-electron chi connectivity index (χ3n) is 4.72. The fraction of sp³-hybridized carbons (Fsp3) is 0.444. The summed E-state index contributed by atoms with van der Waals surface area (Å²) in [5.41, 5.74) is 4.41. The predicted molar refractivity (Wildman–Crippen MR) is 88.1 cm³/mol. The molecule has 3 rings (SSSR count). The normalized spacial score (nSPS) is 16.7. The Bertz CT molecular complexity index is 689. The molecule has 1 atom stereocenters. The van der Waals surface area contributed by atoms with Gasteiger partial charge in [0.2, 0.25) is 0 Å². The van der Waals surface area contributed by atoms with Gasteiger partial charge in [-0.2, -0.15) is 0 Å². The monoisotopic (exact) mass is 313 g/mol. The van der Waals surface area contributed by atoms with Crippen LogP contribution in [0.2, 0.25) is 0 Å². The lowest BCUT2D eigenvalue weighted by atomic mass is 9.87. The molecule has 0 radical (unpaired) electrons. The van der Waals surface area contributed by atoms with Gasteiger partial charge in [-0.3, -0.25) is 0 Å². The van der Waals surface area contributed by atoms with Crippen LogP contribution in [0.4, 0.5) is 4.79 Å². The van der Waals surface area contributed by atoms with Gasteiger partial charge in [0.15, 0.2) is 0 Å². The molecule has 1 aliphatic carbocycles. The average Bonchev–Trinajstić information content (AvgIpc) is 2.89. The summed E-state index contributed by atoms with van der Waals surface area (Å²) < 4.78 is 5.14. The van der Waals surface area contributed by atoms with E-state index in [9.17, 15) is 4.79 Å². The van der Waals surface area contributed by atoms with Crippen LogP contribution in [0.3, 0.4) is 0 Å². The number of benzene rings is 1. The van der Waals surface area contributed by atoms with E-state index in [-0.39, 0.29) is 12.1 Å². The van der Waals surface area contributed by atoms with Gasteiger partial charge in [0.05, 0.1) is 11.7 Å². The Morgan fingerprint density at radius 3 is 2.91 bits per heavy atom. The molecule has 0 fully saturated rings. The molecule has 5 nitrogen and oxygen atoms in total. The molecule has 1 heterocycles. The molecule has 1 aromatic heterocycles. The van der Waals surface area contributed by atoms with E-state index in [1.165, 1.54) is 11.1 Å². The molecule has 2 aromatic rings. The lowest BCUT2D eigenvalue weighted by Crippen LogP contribution is -2.40. The Balaban J connectivity index is 1.69. The fourth-order valence-electron chi connectivity index (χ4n) is 3.32. The van der Waals surface area contributed by atoms with Crippen molar-refractivity contribution in [3.05, 3.63) is 52.4 Å². The molecular formula is C18H23N3O2. The number of aryl methyl sites for hydroxylation is 3. The standard InChI is InChI=1S/C18H23N3O2/c1-12-16(13(2)23-20-12)11-19-18(22)21(3)17-10-6-8-14-7-4-5-9-15(14)17/h4-5,7,9,17H,6,8,10-11H2,1-3H3,(H,19,22)/t17-/m0/s1. The summed E-state index contributed by atoms with van der Waals surface area (Å²) in [5.74, 6) is 0.758. The number of nitrogens with one attached hydrogen (secondary N) is 1. The number of hydrogen-bond acceptors (Lipinski definition) is 3. The number of fused-ring (bicyclic) bond motifs is 1. The number of rotatable bonds is 3. The molecule has 0 bridgehead atoms.